The van der Waals surface area contributed by atoms with Gasteiger partial charge in [0, 0.05) is 12.2 Å². The highest BCUT2D eigenvalue weighted by Gasteiger charge is 2.30. The Hall–Kier alpha value is -2.56. The number of aryl methyl sites for hydroxylation is 1. The van der Waals surface area contributed by atoms with E-state index in [2.05, 4.69) is 4.98 Å². The van der Waals surface area contributed by atoms with Gasteiger partial charge in [0.05, 0.1) is 6.04 Å². The molecule has 0 radical (unpaired) electrons. The molecule has 1 fully saturated rings. The monoisotopic (exact) mass is 325 g/mol. The first-order chi connectivity index (χ1) is 11.6. The lowest BCUT2D eigenvalue weighted by Gasteiger charge is -2.35. The summed E-state index contributed by atoms with van der Waals surface area (Å²) in [5.74, 6) is 0.505. The Morgan fingerprint density at radius 2 is 2.04 bits per heavy atom. The van der Waals surface area contributed by atoms with E-state index in [1.165, 1.54) is 0 Å². The molecule has 2 aromatic rings. The maximum Gasteiger partial charge on any atom is 0.410 e. The van der Waals surface area contributed by atoms with Gasteiger partial charge < -0.3 is 15.4 Å². The molecule has 1 aliphatic heterocycles. The minimum Gasteiger partial charge on any atom is -0.445 e. The highest BCUT2D eigenvalue weighted by Crippen LogP contribution is 2.33. The van der Waals surface area contributed by atoms with Crippen molar-refractivity contribution < 1.29 is 9.53 Å². The number of benzene rings is 1. The number of nitrogen functional groups attached to an aromatic ring is 1. The molecule has 0 spiro atoms. The van der Waals surface area contributed by atoms with Crippen LogP contribution in [0.15, 0.2) is 42.5 Å². The number of likely N-dealkylation sites (tertiary alicyclic amines) is 1. The van der Waals surface area contributed by atoms with Gasteiger partial charge >= 0.3 is 6.09 Å². The average molecular weight is 325 g/mol. The number of rotatable bonds is 3. The smallest absolute Gasteiger partial charge is 0.410 e. The third-order valence-electron chi connectivity index (χ3n) is 4.45. The quantitative estimate of drug-likeness (QED) is 0.931. The Kier molecular flexibility index (Phi) is 4.99. The van der Waals surface area contributed by atoms with Gasteiger partial charge in [-0.3, -0.25) is 0 Å². The number of ether oxygens (including phenoxy) is 1. The maximum atomic E-state index is 12.6. The van der Waals surface area contributed by atoms with Gasteiger partial charge in [-0.25, -0.2) is 9.78 Å². The van der Waals surface area contributed by atoms with E-state index in [1.54, 1.807) is 6.07 Å². The first-order valence-corrected chi connectivity index (χ1v) is 8.35. The summed E-state index contributed by atoms with van der Waals surface area (Å²) in [5, 5.41) is 0. The highest BCUT2D eigenvalue weighted by molar-refractivity contribution is 5.68. The lowest BCUT2D eigenvalue weighted by molar-refractivity contribution is 0.0677. The molecule has 2 heterocycles. The molecular formula is C19H23N3O2. The number of carbonyl (C=O) groups is 1. The lowest BCUT2D eigenvalue weighted by Crippen LogP contribution is -2.39. The molecule has 1 aliphatic rings. The Bertz CT molecular complexity index is 703. The van der Waals surface area contributed by atoms with Crippen LogP contribution in [-0.4, -0.2) is 22.5 Å². The number of anilines is 1. The maximum absolute atomic E-state index is 12.6. The molecule has 0 aliphatic carbocycles. The predicted molar refractivity (Wildman–Crippen MR) is 93.3 cm³/mol. The van der Waals surface area contributed by atoms with Crippen LogP contribution in [0.1, 0.15) is 42.1 Å². The van der Waals surface area contributed by atoms with Crippen LogP contribution in [0.2, 0.25) is 0 Å². The number of nitrogens with zero attached hydrogens (tertiary/aromatic N) is 2. The Morgan fingerprint density at radius 3 is 2.79 bits per heavy atom. The molecule has 1 amide bonds. The van der Waals surface area contributed by atoms with Crippen molar-refractivity contribution in [1.82, 2.24) is 9.88 Å². The summed E-state index contributed by atoms with van der Waals surface area (Å²) in [6.07, 6.45) is 2.75. The van der Waals surface area contributed by atoms with Crippen LogP contribution >= 0.6 is 0 Å². The van der Waals surface area contributed by atoms with E-state index in [0.717, 1.165) is 36.1 Å². The van der Waals surface area contributed by atoms with Gasteiger partial charge in [-0.15, -0.1) is 0 Å². The van der Waals surface area contributed by atoms with Crippen LogP contribution in [0.4, 0.5) is 10.6 Å². The average Bonchev–Trinajstić information content (AvgIpc) is 2.61. The normalized spacial score (nSPS) is 17.5. The molecule has 2 N–H and O–H groups in total. The molecule has 1 aromatic carbocycles. The van der Waals surface area contributed by atoms with Crippen molar-refractivity contribution in [2.24, 2.45) is 0 Å². The molecule has 126 valence electrons. The van der Waals surface area contributed by atoms with E-state index in [0.29, 0.717) is 19.0 Å². The third-order valence-corrected chi connectivity index (χ3v) is 4.45. The second kappa shape index (κ2) is 7.34. The summed E-state index contributed by atoms with van der Waals surface area (Å²) in [5.41, 5.74) is 8.67. The van der Waals surface area contributed by atoms with Gasteiger partial charge in [0.15, 0.2) is 0 Å². The van der Waals surface area contributed by atoms with Gasteiger partial charge in [0.1, 0.15) is 12.4 Å². The van der Waals surface area contributed by atoms with Crippen molar-refractivity contribution in [3.63, 3.8) is 0 Å². The van der Waals surface area contributed by atoms with Crippen molar-refractivity contribution in [3.05, 3.63) is 59.3 Å². The van der Waals surface area contributed by atoms with Crippen molar-refractivity contribution in [3.8, 4) is 0 Å². The second-order valence-electron chi connectivity index (χ2n) is 6.16. The molecule has 0 unspecified atom stereocenters. The number of hydrogen-bond donors (Lipinski definition) is 1. The van der Waals surface area contributed by atoms with Crippen LogP contribution in [-0.2, 0) is 11.3 Å². The van der Waals surface area contributed by atoms with Gasteiger partial charge in [0.2, 0.25) is 0 Å². The number of piperidine rings is 1. The number of amides is 1. The number of carbonyl (C=O) groups excluding carboxylic acids is 1. The van der Waals surface area contributed by atoms with Gasteiger partial charge in [-0.05, 0) is 43.4 Å². The molecule has 1 atom stereocenters. The van der Waals surface area contributed by atoms with Crippen LogP contribution in [0, 0.1) is 6.92 Å². The third kappa shape index (κ3) is 3.67. The Labute approximate surface area is 142 Å². The summed E-state index contributed by atoms with van der Waals surface area (Å²) in [4.78, 5) is 18.8. The summed E-state index contributed by atoms with van der Waals surface area (Å²) in [7, 11) is 0. The minimum absolute atomic E-state index is 0.00937. The molecule has 1 saturated heterocycles. The van der Waals surface area contributed by atoms with E-state index in [4.69, 9.17) is 10.5 Å². The first-order valence-electron chi connectivity index (χ1n) is 8.35. The number of pyridine rings is 1. The largest absolute Gasteiger partial charge is 0.445 e. The molecule has 3 rings (SSSR count). The van der Waals surface area contributed by atoms with E-state index in [9.17, 15) is 4.79 Å². The lowest BCUT2D eigenvalue weighted by atomic mass is 9.95. The molecule has 0 saturated carbocycles. The molecule has 1 aromatic heterocycles. The van der Waals surface area contributed by atoms with E-state index < -0.39 is 0 Å². The zero-order chi connectivity index (χ0) is 16.9. The standard InChI is InChI=1S/C19H23N3O2/c1-14-16(10-11-18(20)21-14)17-9-5-6-12-22(17)19(23)24-13-15-7-3-2-4-8-15/h2-4,7-8,10-11,17H,5-6,9,12-13H2,1H3,(H2,20,21)/t17-/m1/s1. The SMILES string of the molecule is Cc1nc(N)ccc1[C@H]1CCCCN1C(=O)OCc1ccccc1. The number of nitrogens with two attached hydrogens (primary N) is 1. The second-order valence-corrected chi connectivity index (χ2v) is 6.16. The summed E-state index contributed by atoms with van der Waals surface area (Å²) in [6, 6.07) is 13.5. The molecule has 24 heavy (non-hydrogen) atoms. The Balaban J connectivity index is 1.73. The van der Waals surface area contributed by atoms with Gasteiger partial charge in [-0.1, -0.05) is 36.4 Å². The zero-order valence-corrected chi connectivity index (χ0v) is 13.9. The van der Waals surface area contributed by atoms with E-state index >= 15 is 0 Å². The summed E-state index contributed by atoms with van der Waals surface area (Å²) < 4.78 is 5.52. The van der Waals surface area contributed by atoms with E-state index in [1.807, 2.05) is 48.2 Å². The van der Waals surface area contributed by atoms with Crippen molar-refractivity contribution in [2.75, 3.05) is 12.3 Å². The molecule has 5 nitrogen and oxygen atoms in total. The minimum atomic E-state index is -0.264. The van der Waals surface area contributed by atoms with Crippen LogP contribution in [0.5, 0.6) is 0 Å². The van der Waals surface area contributed by atoms with Crippen molar-refractivity contribution in [2.45, 2.75) is 38.8 Å². The summed E-state index contributed by atoms with van der Waals surface area (Å²) in [6.45, 7) is 2.94. The van der Waals surface area contributed by atoms with Gasteiger partial charge in [-0.2, -0.15) is 0 Å². The Morgan fingerprint density at radius 1 is 1.25 bits per heavy atom. The fourth-order valence-electron chi connectivity index (χ4n) is 3.22. The molecule has 5 heteroatoms. The van der Waals surface area contributed by atoms with Crippen molar-refractivity contribution >= 4 is 11.9 Å². The van der Waals surface area contributed by atoms with Crippen LogP contribution in [0.25, 0.3) is 0 Å². The summed E-state index contributed by atoms with van der Waals surface area (Å²) >= 11 is 0. The topological polar surface area (TPSA) is 68.5 Å². The highest BCUT2D eigenvalue weighted by atomic mass is 16.6. The molecular weight excluding hydrogens is 302 g/mol. The number of hydrogen-bond acceptors (Lipinski definition) is 4. The fraction of sp³-hybridized carbons (Fsp3) is 0.368. The van der Waals surface area contributed by atoms with Gasteiger partial charge in [0.25, 0.3) is 0 Å². The number of aromatic nitrogens is 1. The van der Waals surface area contributed by atoms with Crippen LogP contribution < -0.4 is 5.73 Å². The molecule has 0 bridgehead atoms. The van der Waals surface area contributed by atoms with Crippen molar-refractivity contribution in [1.29, 1.82) is 0 Å². The predicted octanol–water partition coefficient (Wildman–Crippen LogP) is 3.84. The van der Waals surface area contributed by atoms with Crippen LogP contribution in [0.3, 0.4) is 0 Å². The zero-order valence-electron chi connectivity index (χ0n) is 13.9. The fourth-order valence-corrected chi connectivity index (χ4v) is 3.22. The van der Waals surface area contributed by atoms with E-state index in [-0.39, 0.29) is 12.1 Å². The first kappa shape index (κ1) is 16.3.